The Morgan fingerprint density at radius 3 is 2.38 bits per heavy atom. The second kappa shape index (κ2) is 6.00. The molecule has 0 radical (unpaired) electrons. The zero-order valence-corrected chi connectivity index (χ0v) is 13.3. The van der Waals surface area contributed by atoms with Gasteiger partial charge in [-0.1, -0.05) is 70.0 Å². The number of nitrogens with one attached hydrogen (secondary N) is 1. The fourth-order valence-corrected chi connectivity index (χ4v) is 3.25. The molecule has 0 bridgehead atoms. The van der Waals surface area contributed by atoms with Crippen LogP contribution < -0.4 is 5.32 Å². The highest BCUT2D eigenvalue weighted by Gasteiger charge is 2.32. The third-order valence-electron chi connectivity index (χ3n) is 3.35. The molecule has 1 N–H and O–H groups in total. The molecule has 2 atom stereocenters. The zero-order chi connectivity index (χ0) is 14.8. The SMILES string of the molecule is O=C1N=C(c2ccc(Cl)cc2)C(Br)C(c2ccccc2)N1. The summed E-state index contributed by atoms with van der Waals surface area (Å²) in [5.41, 5.74) is 2.63. The topological polar surface area (TPSA) is 41.5 Å². The summed E-state index contributed by atoms with van der Waals surface area (Å²) in [6.07, 6.45) is 0. The largest absolute Gasteiger partial charge is 0.341 e. The zero-order valence-electron chi connectivity index (χ0n) is 11.0. The van der Waals surface area contributed by atoms with Crippen molar-refractivity contribution >= 4 is 39.3 Å². The number of halogens is 2. The first-order chi connectivity index (χ1) is 10.1. The van der Waals surface area contributed by atoms with E-state index in [4.69, 9.17) is 11.6 Å². The normalized spacial score (nSPS) is 21.6. The van der Waals surface area contributed by atoms with Crippen LogP contribution in [0, 0.1) is 0 Å². The molecule has 3 rings (SSSR count). The van der Waals surface area contributed by atoms with Crippen molar-refractivity contribution in [3.63, 3.8) is 0 Å². The highest BCUT2D eigenvalue weighted by molar-refractivity contribution is 9.10. The number of urea groups is 1. The first-order valence-corrected chi connectivity index (χ1v) is 7.78. The molecule has 0 saturated heterocycles. The predicted octanol–water partition coefficient (Wildman–Crippen LogP) is 4.36. The maximum absolute atomic E-state index is 11.9. The van der Waals surface area contributed by atoms with Crippen LogP contribution in [0.2, 0.25) is 5.02 Å². The van der Waals surface area contributed by atoms with Crippen LogP contribution in [0.1, 0.15) is 17.2 Å². The van der Waals surface area contributed by atoms with Gasteiger partial charge in [0.2, 0.25) is 0 Å². The molecule has 2 aromatic carbocycles. The number of rotatable bonds is 2. The van der Waals surface area contributed by atoms with Gasteiger partial charge >= 0.3 is 6.03 Å². The van der Waals surface area contributed by atoms with Crippen LogP contribution in [-0.4, -0.2) is 16.6 Å². The number of benzene rings is 2. The van der Waals surface area contributed by atoms with Crippen LogP contribution in [0.5, 0.6) is 0 Å². The molecule has 3 nitrogen and oxygen atoms in total. The van der Waals surface area contributed by atoms with Gasteiger partial charge < -0.3 is 5.32 Å². The first kappa shape index (κ1) is 14.3. The van der Waals surface area contributed by atoms with E-state index in [1.165, 1.54) is 0 Å². The first-order valence-electron chi connectivity index (χ1n) is 6.49. The van der Waals surface area contributed by atoms with Crippen LogP contribution in [0.25, 0.3) is 0 Å². The summed E-state index contributed by atoms with van der Waals surface area (Å²) in [7, 11) is 0. The standard InChI is InChI=1S/C16H12BrClN2O/c17-13-14(10-4-2-1-3-5-10)19-16(21)20-15(13)11-6-8-12(18)9-7-11/h1-9,13-14H,(H,19,21). The summed E-state index contributed by atoms with van der Waals surface area (Å²) >= 11 is 9.57. The fourth-order valence-electron chi connectivity index (χ4n) is 2.32. The Morgan fingerprint density at radius 1 is 1.05 bits per heavy atom. The number of hydrogen-bond acceptors (Lipinski definition) is 1. The minimum atomic E-state index is -0.329. The summed E-state index contributed by atoms with van der Waals surface area (Å²) in [5, 5.41) is 3.55. The Hall–Kier alpha value is -1.65. The Kier molecular flexibility index (Phi) is 4.08. The van der Waals surface area contributed by atoms with E-state index >= 15 is 0 Å². The van der Waals surface area contributed by atoms with Crippen molar-refractivity contribution in [2.24, 2.45) is 4.99 Å². The molecule has 1 aliphatic heterocycles. The lowest BCUT2D eigenvalue weighted by molar-refractivity contribution is 0.244. The van der Waals surface area contributed by atoms with Crippen molar-refractivity contribution in [2.45, 2.75) is 10.9 Å². The molecule has 2 unspecified atom stereocenters. The monoisotopic (exact) mass is 362 g/mol. The highest BCUT2D eigenvalue weighted by atomic mass is 79.9. The van der Waals surface area contributed by atoms with Gasteiger partial charge in [-0.15, -0.1) is 0 Å². The van der Waals surface area contributed by atoms with E-state index in [1.807, 2.05) is 42.5 Å². The van der Waals surface area contributed by atoms with E-state index in [2.05, 4.69) is 26.2 Å². The summed E-state index contributed by atoms with van der Waals surface area (Å²) in [5.74, 6) is 0. The van der Waals surface area contributed by atoms with E-state index in [1.54, 1.807) is 12.1 Å². The van der Waals surface area contributed by atoms with E-state index in [9.17, 15) is 4.79 Å². The van der Waals surface area contributed by atoms with Crippen molar-refractivity contribution in [3.8, 4) is 0 Å². The molecule has 1 aliphatic rings. The third-order valence-corrected chi connectivity index (χ3v) is 4.57. The van der Waals surface area contributed by atoms with Gasteiger partial charge in [-0.05, 0) is 23.3 Å². The summed E-state index contributed by atoms with van der Waals surface area (Å²) < 4.78 is 0. The molecule has 106 valence electrons. The lowest BCUT2D eigenvalue weighted by Crippen LogP contribution is -2.41. The molecule has 2 amide bonds. The van der Waals surface area contributed by atoms with Crippen molar-refractivity contribution in [1.82, 2.24) is 5.32 Å². The molecular weight excluding hydrogens is 352 g/mol. The van der Waals surface area contributed by atoms with Gasteiger partial charge in [0.05, 0.1) is 16.6 Å². The smallest absolute Gasteiger partial charge is 0.328 e. The minimum Gasteiger partial charge on any atom is -0.328 e. The number of amides is 2. The van der Waals surface area contributed by atoms with E-state index in [0.29, 0.717) is 10.7 Å². The fraction of sp³-hybridized carbons (Fsp3) is 0.125. The van der Waals surface area contributed by atoms with Gasteiger partial charge in [-0.25, -0.2) is 4.79 Å². The van der Waals surface area contributed by atoms with E-state index < -0.39 is 0 Å². The number of alkyl halides is 1. The van der Waals surface area contributed by atoms with Crippen LogP contribution >= 0.6 is 27.5 Å². The highest BCUT2D eigenvalue weighted by Crippen LogP contribution is 2.29. The van der Waals surface area contributed by atoms with Crippen LogP contribution in [-0.2, 0) is 0 Å². The van der Waals surface area contributed by atoms with Gasteiger partial charge in [-0.3, -0.25) is 0 Å². The van der Waals surface area contributed by atoms with Crippen molar-refractivity contribution in [2.75, 3.05) is 0 Å². The number of carbonyl (C=O) groups excluding carboxylic acids is 1. The third kappa shape index (κ3) is 3.01. The van der Waals surface area contributed by atoms with Gasteiger partial charge in [0.25, 0.3) is 0 Å². The molecule has 0 fully saturated rings. The Bertz CT molecular complexity index is 685. The minimum absolute atomic E-state index is 0.0984. The lowest BCUT2D eigenvalue weighted by atomic mass is 9.96. The Labute approximate surface area is 136 Å². The van der Waals surface area contributed by atoms with Crippen molar-refractivity contribution < 1.29 is 4.79 Å². The summed E-state index contributed by atoms with van der Waals surface area (Å²) in [6, 6.07) is 16.7. The Balaban J connectivity index is 1.98. The quantitative estimate of drug-likeness (QED) is 0.792. The second-order valence-electron chi connectivity index (χ2n) is 4.74. The van der Waals surface area contributed by atoms with E-state index in [0.717, 1.165) is 11.1 Å². The molecule has 0 spiro atoms. The number of aliphatic imine (C=N–C) groups is 1. The molecular formula is C16H12BrClN2O. The number of nitrogens with zero attached hydrogens (tertiary/aromatic N) is 1. The van der Waals surface area contributed by atoms with Crippen molar-refractivity contribution in [1.29, 1.82) is 0 Å². The maximum atomic E-state index is 11.9. The summed E-state index contributed by atoms with van der Waals surface area (Å²) in [4.78, 5) is 15.9. The van der Waals surface area contributed by atoms with Gasteiger partial charge in [-0.2, -0.15) is 4.99 Å². The number of carbonyl (C=O) groups is 1. The lowest BCUT2D eigenvalue weighted by Gasteiger charge is -2.28. The average Bonchev–Trinajstić information content (AvgIpc) is 2.51. The van der Waals surface area contributed by atoms with E-state index in [-0.39, 0.29) is 16.9 Å². The molecule has 1 heterocycles. The molecule has 5 heteroatoms. The molecule has 0 aromatic heterocycles. The molecule has 2 aromatic rings. The van der Waals surface area contributed by atoms with Gasteiger partial charge in [0.1, 0.15) is 0 Å². The van der Waals surface area contributed by atoms with Crippen LogP contribution in [0.15, 0.2) is 59.6 Å². The average molecular weight is 364 g/mol. The molecule has 0 saturated carbocycles. The number of hydrogen-bond donors (Lipinski definition) is 1. The predicted molar refractivity (Wildman–Crippen MR) is 88.4 cm³/mol. The van der Waals surface area contributed by atoms with Gasteiger partial charge in [0.15, 0.2) is 0 Å². The van der Waals surface area contributed by atoms with Gasteiger partial charge in [0, 0.05) is 5.02 Å². The molecule has 0 aliphatic carbocycles. The maximum Gasteiger partial charge on any atom is 0.341 e. The summed E-state index contributed by atoms with van der Waals surface area (Å²) in [6.45, 7) is 0. The van der Waals surface area contributed by atoms with Crippen LogP contribution in [0.4, 0.5) is 4.79 Å². The van der Waals surface area contributed by atoms with Crippen molar-refractivity contribution in [3.05, 3.63) is 70.7 Å². The second-order valence-corrected chi connectivity index (χ2v) is 6.17. The van der Waals surface area contributed by atoms with Crippen LogP contribution in [0.3, 0.4) is 0 Å². The Morgan fingerprint density at radius 2 is 1.71 bits per heavy atom. The molecule has 21 heavy (non-hydrogen) atoms.